The Hall–Kier alpha value is -0.770. The molecular weight excluding hydrogens is 319 g/mol. The summed E-state index contributed by atoms with van der Waals surface area (Å²) in [5.41, 5.74) is 0.661. The van der Waals surface area contributed by atoms with Gasteiger partial charge in [-0.25, -0.2) is 8.42 Å². The molecule has 0 saturated heterocycles. The molecule has 0 aliphatic heterocycles. The van der Waals surface area contributed by atoms with Crippen molar-refractivity contribution in [3.63, 3.8) is 0 Å². The Balaban J connectivity index is 3.38. The first-order chi connectivity index (χ1) is 9.38. The van der Waals surface area contributed by atoms with E-state index in [1.807, 2.05) is 0 Å². The fourth-order valence-corrected chi connectivity index (χ4v) is 3.90. The lowest BCUT2D eigenvalue weighted by atomic mass is 10.2. The Kier molecular flexibility index (Phi) is 6.31. The third-order valence-corrected chi connectivity index (χ3v) is 5.44. The van der Waals surface area contributed by atoms with E-state index in [1.165, 1.54) is 16.4 Å². The second kappa shape index (κ2) is 7.30. The normalized spacial score (nSPS) is 11.6. The van der Waals surface area contributed by atoms with Gasteiger partial charge in [-0.05, 0) is 24.7 Å². The lowest BCUT2D eigenvalue weighted by molar-refractivity contribution is 0.464. The van der Waals surface area contributed by atoms with Gasteiger partial charge in [-0.3, -0.25) is 0 Å². The predicted octanol–water partition coefficient (Wildman–Crippen LogP) is 2.36. The molecule has 0 heterocycles. The highest BCUT2D eigenvalue weighted by atomic mass is 35.5. The van der Waals surface area contributed by atoms with Crippen LogP contribution >= 0.6 is 23.2 Å². The number of halogens is 2. The van der Waals surface area contributed by atoms with E-state index in [1.54, 1.807) is 14.0 Å². The van der Waals surface area contributed by atoms with Crippen LogP contribution in [0.2, 0.25) is 10.0 Å². The molecule has 0 spiro atoms. The molecule has 0 aromatic heterocycles. The van der Waals surface area contributed by atoms with Gasteiger partial charge in [0.15, 0.2) is 0 Å². The van der Waals surface area contributed by atoms with Crippen LogP contribution in [0.3, 0.4) is 0 Å². The molecular formula is C13H16Cl2N2O2S. The first-order valence-corrected chi connectivity index (χ1v) is 8.14. The Morgan fingerprint density at radius 3 is 2.50 bits per heavy atom. The number of hydrogen-bond donors (Lipinski definition) is 1. The van der Waals surface area contributed by atoms with Gasteiger partial charge in [0.05, 0.1) is 11.6 Å². The number of rotatable bonds is 6. The lowest BCUT2D eigenvalue weighted by Crippen LogP contribution is -2.31. The molecule has 0 fully saturated rings. The average molecular weight is 335 g/mol. The molecule has 0 saturated carbocycles. The van der Waals surface area contributed by atoms with Gasteiger partial charge in [0.2, 0.25) is 10.0 Å². The van der Waals surface area contributed by atoms with Crippen molar-refractivity contribution in [1.82, 2.24) is 9.62 Å². The largest absolute Gasteiger partial charge is 0.316 e. The van der Waals surface area contributed by atoms with E-state index in [0.717, 1.165) is 0 Å². The maximum Gasteiger partial charge on any atom is 0.245 e. The minimum absolute atomic E-state index is 0.000843. The fraction of sp³-hybridized carbons (Fsp3) is 0.385. The van der Waals surface area contributed by atoms with Gasteiger partial charge in [0.1, 0.15) is 4.90 Å². The van der Waals surface area contributed by atoms with Crippen LogP contribution in [0.15, 0.2) is 17.0 Å². The van der Waals surface area contributed by atoms with Crippen LogP contribution in [-0.2, 0) is 16.6 Å². The summed E-state index contributed by atoms with van der Waals surface area (Å²) in [6.45, 7) is 2.43. The third-order valence-electron chi connectivity index (χ3n) is 2.71. The summed E-state index contributed by atoms with van der Waals surface area (Å²) < 4.78 is 26.2. The average Bonchev–Trinajstić information content (AvgIpc) is 2.38. The Labute approximate surface area is 130 Å². The molecule has 0 bridgehead atoms. The zero-order valence-corrected chi connectivity index (χ0v) is 13.6. The van der Waals surface area contributed by atoms with Crippen molar-refractivity contribution >= 4 is 33.2 Å². The van der Waals surface area contributed by atoms with E-state index < -0.39 is 10.0 Å². The van der Waals surface area contributed by atoms with Crippen LogP contribution in [0.4, 0.5) is 0 Å². The van der Waals surface area contributed by atoms with E-state index >= 15 is 0 Å². The van der Waals surface area contributed by atoms with Crippen molar-refractivity contribution in [2.75, 3.05) is 20.1 Å². The number of benzene rings is 1. The third kappa shape index (κ3) is 3.66. The lowest BCUT2D eigenvalue weighted by Gasteiger charge is -2.19. The predicted molar refractivity (Wildman–Crippen MR) is 82.5 cm³/mol. The minimum Gasteiger partial charge on any atom is -0.316 e. The van der Waals surface area contributed by atoms with Crippen molar-refractivity contribution in [1.29, 1.82) is 0 Å². The fourth-order valence-electron chi connectivity index (χ4n) is 1.70. The van der Waals surface area contributed by atoms with Crippen molar-refractivity contribution in [3.05, 3.63) is 27.7 Å². The Morgan fingerprint density at radius 2 is 2.00 bits per heavy atom. The van der Waals surface area contributed by atoms with Crippen LogP contribution in [0.25, 0.3) is 0 Å². The van der Waals surface area contributed by atoms with Crippen LogP contribution in [0.1, 0.15) is 12.5 Å². The second-order valence-electron chi connectivity index (χ2n) is 4.04. The SMILES string of the molecule is C#CCN(CC)S(=O)(=O)c1cc(CNC)c(Cl)cc1Cl. The molecule has 0 aliphatic rings. The van der Waals surface area contributed by atoms with E-state index in [4.69, 9.17) is 29.6 Å². The molecule has 20 heavy (non-hydrogen) atoms. The summed E-state index contributed by atoms with van der Waals surface area (Å²) in [7, 11) is -1.98. The van der Waals surface area contributed by atoms with Gasteiger partial charge in [-0.1, -0.05) is 36.0 Å². The van der Waals surface area contributed by atoms with E-state index in [-0.39, 0.29) is 23.0 Å². The van der Waals surface area contributed by atoms with Gasteiger partial charge in [-0.15, -0.1) is 6.42 Å². The topological polar surface area (TPSA) is 49.4 Å². The van der Waals surface area contributed by atoms with Crippen molar-refractivity contribution in [3.8, 4) is 12.3 Å². The van der Waals surface area contributed by atoms with E-state index in [9.17, 15) is 8.42 Å². The molecule has 0 radical (unpaired) electrons. The van der Waals surface area contributed by atoms with Gasteiger partial charge >= 0.3 is 0 Å². The van der Waals surface area contributed by atoms with E-state index in [0.29, 0.717) is 17.1 Å². The van der Waals surface area contributed by atoms with Crippen molar-refractivity contribution in [2.45, 2.75) is 18.4 Å². The molecule has 0 unspecified atom stereocenters. The summed E-state index contributed by atoms with van der Waals surface area (Å²) in [5, 5.41) is 3.43. The molecule has 1 rings (SSSR count). The maximum atomic E-state index is 12.5. The van der Waals surface area contributed by atoms with Gasteiger partial charge in [0.25, 0.3) is 0 Å². The zero-order chi connectivity index (χ0) is 15.3. The highest BCUT2D eigenvalue weighted by Gasteiger charge is 2.26. The Bertz CT molecular complexity index is 624. The molecule has 1 N–H and O–H groups in total. The van der Waals surface area contributed by atoms with E-state index in [2.05, 4.69) is 11.2 Å². The molecule has 7 heteroatoms. The summed E-state index contributed by atoms with van der Waals surface area (Å²) >= 11 is 12.1. The number of terminal acetylenes is 1. The zero-order valence-electron chi connectivity index (χ0n) is 11.3. The first-order valence-electron chi connectivity index (χ1n) is 5.94. The number of nitrogens with one attached hydrogen (secondary N) is 1. The highest BCUT2D eigenvalue weighted by molar-refractivity contribution is 7.89. The first kappa shape index (κ1) is 17.3. The molecule has 0 aliphatic carbocycles. The highest BCUT2D eigenvalue weighted by Crippen LogP contribution is 2.30. The molecule has 0 amide bonds. The van der Waals surface area contributed by atoms with Crippen molar-refractivity contribution in [2.24, 2.45) is 0 Å². The summed E-state index contributed by atoms with van der Waals surface area (Å²) in [5.74, 6) is 2.33. The molecule has 0 atom stereocenters. The second-order valence-corrected chi connectivity index (χ2v) is 6.76. The minimum atomic E-state index is -3.73. The maximum absolute atomic E-state index is 12.5. The monoisotopic (exact) mass is 334 g/mol. The molecule has 1 aromatic carbocycles. The smallest absolute Gasteiger partial charge is 0.245 e. The summed E-state index contributed by atoms with van der Waals surface area (Å²) in [6, 6.07) is 2.92. The van der Waals surface area contributed by atoms with Crippen LogP contribution < -0.4 is 5.32 Å². The quantitative estimate of drug-likeness (QED) is 0.812. The summed E-state index contributed by atoms with van der Waals surface area (Å²) in [6.07, 6.45) is 5.20. The molecule has 110 valence electrons. The summed E-state index contributed by atoms with van der Waals surface area (Å²) in [4.78, 5) is 0.0194. The van der Waals surface area contributed by atoms with Crippen LogP contribution in [0.5, 0.6) is 0 Å². The van der Waals surface area contributed by atoms with Gasteiger partial charge in [0, 0.05) is 18.1 Å². The molecule has 4 nitrogen and oxygen atoms in total. The Morgan fingerprint density at radius 1 is 1.35 bits per heavy atom. The van der Waals surface area contributed by atoms with Gasteiger partial charge < -0.3 is 5.32 Å². The number of sulfonamides is 1. The van der Waals surface area contributed by atoms with Crippen molar-refractivity contribution < 1.29 is 8.42 Å². The molecule has 1 aromatic rings. The van der Waals surface area contributed by atoms with Crippen LogP contribution in [0, 0.1) is 12.3 Å². The standard InChI is InChI=1S/C13H16Cl2N2O2S/c1-4-6-17(5-2)20(18,19)13-7-10(9-16-3)11(14)8-12(13)15/h1,7-8,16H,5-6,9H2,2-3H3. The number of hydrogen-bond acceptors (Lipinski definition) is 3. The van der Waals surface area contributed by atoms with Crippen LogP contribution in [-0.4, -0.2) is 32.9 Å². The number of nitrogens with zero attached hydrogens (tertiary/aromatic N) is 1. The van der Waals surface area contributed by atoms with Gasteiger partial charge in [-0.2, -0.15) is 4.31 Å².